The summed E-state index contributed by atoms with van der Waals surface area (Å²) >= 11 is 7.33. The molecule has 0 amide bonds. The van der Waals surface area contributed by atoms with Crippen LogP contribution in [0.5, 0.6) is 0 Å². The van der Waals surface area contributed by atoms with Gasteiger partial charge in [-0.15, -0.1) is 0 Å². The molecule has 0 fully saturated rings. The fourth-order valence-electron chi connectivity index (χ4n) is 1.94. The predicted octanol–water partition coefficient (Wildman–Crippen LogP) is 3.49. The Hall–Kier alpha value is -1.40. The Morgan fingerprint density at radius 1 is 1.50 bits per heavy atom. The molecule has 1 heterocycles. The maximum absolute atomic E-state index is 11.8. The summed E-state index contributed by atoms with van der Waals surface area (Å²) in [6, 6.07) is 3.14. The molecule has 1 unspecified atom stereocenters. The van der Waals surface area contributed by atoms with Gasteiger partial charge in [0.2, 0.25) is 0 Å². The lowest BCUT2D eigenvalue weighted by Crippen LogP contribution is -2.30. The summed E-state index contributed by atoms with van der Waals surface area (Å²) in [5, 5.41) is 3.68. The molecule has 0 saturated heterocycles. The van der Waals surface area contributed by atoms with Crippen LogP contribution in [0, 0.1) is 0 Å². The van der Waals surface area contributed by atoms with Gasteiger partial charge in [0.15, 0.2) is 0 Å². The molecule has 20 heavy (non-hydrogen) atoms. The Morgan fingerprint density at radius 3 is 3.00 bits per heavy atom. The van der Waals surface area contributed by atoms with Crippen LogP contribution in [0.3, 0.4) is 0 Å². The summed E-state index contributed by atoms with van der Waals surface area (Å²) in [4.78, 5) is 11.8. The van der Waals surface area contributed by atoms with Crippen molar-refractivity contribution >= 4 is 46.0 Å². The maximum Gasteiger partial charge on any atom is 0.328 e. The number of unbranched alkanes of at least 4 members (excludes halogenated alkanes) is 1. The molecule has 108 valence electrons. The van der Waals surface area contributed by atoms with Gasteiger partial charge in [0.05, 0.1) is 29.5 Å². The Kier molecular flexibility index (Phi) is 5.14. The van der Waals surface area contributed by atoms with Crippen LogP contribution in [0.4, 0.5) is 5.69 Å². The van der Waals surface area contributed by atoms with Crippen LogP contribution < -0.4 is 5.32 Å². The molecule has 2 aromatic rings. The molecule has 1 aromatic carbocycles. The van der Waals surface area contributed by atoms with Crippen molar-refractivity contribution in [1.82, 2.24) is 8.75 Å². The van der Waals surface area contributed by atoms with Crippen molar-refractivity contribution in [1.29, 1.82) is 0 Å². The highest BCUT2D eigenvalue weighted by molar-refractivity contribution is 7.00. The largest absolute Gasteiger partial charge is 0.467 e. The third-order valence-corrected chi connectivity index (χ3v) is 3.89. The van der Waals surface area contributed by atoms with Gasteiger partial charge in [0, 0.05) is 0 Å². The summed E-state index contributed by atoms with van der Waals surface area (Å²) in [6.07, 6.45) is 2.62. The van der Waals surface area contributed by atoms with E-state index in [-0.39, 0.29) is 5.97 Å². The first-order valence-electron chi connectivity index (χ1n) is 6.42. The lowest BCUT2D eigenvalue weighted by Gasteiger charge is -2.18. The topological polar surface area (TPSA) is 64.1 Å². The summed E-state index contributed by atoms with van der Waals surface area (Å²) in [5.41, 5.74) is 2.10. The number of hydrogen-bond acceptors (Lipinski definition) is 6. The number of anilines is 1. The SMILES string of the molecule is CCCCC(Nc1c(Cl)ccc2nsnc12)C(=O)OC. The number of carbonyl (C=O) groups excluding carboxylic acids is 1. The third kappa shape index (κ3) is 3.19. The molecule has 1 N–H and O–H groups in total. The number of nitrogens with zero attached hydrogens (tertiary/aromatic N) is 2. The van der Waals surface area contributed by atoms with Crippen LogP contribution in [-0.2, 0) is 9.53 Å². The van der Waals surface area contributed by atoms with Gasteiger partial charge in [-0.2, -0.15) is 8.75 Å². The summed E-state index contributed by atoms with van der Waals surface area (Å²) in [5.74, 6) is -0.297. The lowest BCUT2D eigenvalue weighted by atomic mass is 10.1. The van der Waals surface area contributed by atoms with E-state index in [0.29, 0.717) is 22.6 Å². The second-order valence-electron chi connectivity index (χ2n) is 4.42. The fraction of sp³-hybridized carbons (Fsp3) is 0.462. The molecule has 1 atom stereocenters. The Morgan fingerprint density at radius 2 is 2.30 bits per heavy atom. The van der Waals surface area contributed by atoms with Crippen LogP contribution in [0.25, 0.3) is 11.0 Å². The van der Waals surface area contributed by atoms with E-state index in [9.17, 15) is 4.79 Å². The average Bonchev–Trinajstić information content (AvgIpc) is 2.93. The Balaban J connectivity index is 2.29. The van der Waals surface area contributed by atoms with Crippen LogP contribution in [0.15, 0.2) is 12.1 Å². The Labute approximate surface area is 126 Å². The third-order valence-electron chi connectivity index (χ3n) is 3.03. The van der Waals surface area contributed by atoms with Gasteiger partial charge in [0.1, 0.15) is 17.1 Å². The summed E-state index contributed by atoms with van der Waals surface area (Å²) in [6.45, 7) is 2.08. The van der Waals surface area contributed by atoms with Crippen LogP contribution in [0.1, 0.15) is 26.2 Å². The standard InChI is InChI=1S/C13H16ClN3O2S/c1-3-4-5-10(13(18)19-2)15-11-8(14)6-7-9-12(11)17-20-16-9/h6-7,10,15H,3-5H2,1-2H3. The van der Waals surface area contributed by atoms with Gasteiger partial charge in [-0.3, -0.25) is 0 Å². The highest BCUT2D eigenvalue weighted by atomic mass is 35.5. The molecule has 0 radical (unpaired) electrons. The quantitative estimate of drug-likeness (QED) is 0.827. The molecule has 5 nitrogen and oxygen atoms in total. The van der Waals surface area contributed by atoms with Gasteiger partial charge in [-0.05, 0) is 18.6 Å². The van der Waals surface area contributed by atoms with Gasteiger partial charge >= 0.3 is 5.97 Å². The van der Waals surface area contributed by atoms with Gasteiger partial charge < -0.3 is 10.1 Å². The first kappa shape index (κ1) is 15.0. The molecular formula is C13H16ClN3O2S. The number of aromatic nitrogens is 2. The molecule has 1 aromatic heterocycles. The zero-order valence-corrected chi connectivity index (χ0v) is 12.9. The number of fused-ring (bicyclic) bond motifs is 1. The summed E-state index contributed by atoms with van der Waals surface area (Å²) < 4.78 is 13.2. The van der Waals surface area contributed by atoms with E-state index in [2.05, 4.69) is 21.0 Å². The molecule has 0 spiro atoms. The molecule has 0 bridgehead atoms. The number of carbonyl (C=O) groups is 1. The van der Waals surface area contributed by atoms with E-state index in [0.717, 1.165) is 30.1 Å². The number of halogens is 1. The smallest absolute Gasteiger partial charge is 0.328 e. The van der Waals surface area contributed by atoms with E-state index in [1.807, 2.05) is 6.07 Å². The number of nitrogens with one attached hydrogen (secondary N) is 1. The minimum atomic E-state index is -0.426. The first-order chi connectivity index (χ1) is 9.67. The molecule has 0 aliphatic carbocycles. The number of ether oxygens (including phenoxy) is 1. The zero-order chi connectivity index (χ0) is 14.5. The monoisotopic (exact) mass is 313 g/mol. The molecule has 0 aliphatic rings. The number of rotatable bonds is 6. The fourth-order valence-corrected chi connectivity index (χ4v) is 2.69. The van der Waals surface area contributed by atoms with Crippen molar-refractivity contribution in [2.75, 3.05) is 12.4 Å². The predicted molar refractivity (Wildman–Crippen MR) is 81.4 cm³/mol. The van der Waals surface area contributed by atoms with E-state index in [4.69, 9.17) is 16.3 Å². The zero-order valence-electron chi connectivity index (χ0n) is 11.4. The average molecular weight is 314 g/mol. The first-order valence-corrected chi connectivity index (χ1v) is 7.53. The van der Waals surface area contributed by atoms with Crippen molar-refractivity contribution < 1.29 is 9.53 Å². The van der Waals surface area contributed by atoms with E-state index in [1.54, 1.807) is 6.07 Å². The van der Waals surface area contributed by atoms with Gasteiger partial charge in [0.25, 0.3) is 0 Å². The van der Waals surface area contributed by atoms with Crippen molar-refractivity contribution in [3.63, 3.8) is 0 Å². The Bertz CT molecular complexity index is 602. The number of benzene rings is 1. The number of esters is 1. The van der Waals surface area contributed by atoms with Gasteiger partial charge in [-0.1, -0.05) is 31.4 Å². The molecule has 7 heteroatoms. The number of hydrogen-bond donors (Lipinski definition) is 1. The molecule has 2 rings (SSSR count). The summed E-state index contributed by atoms with van der Waals surface area (Å²) in [7, 11) is 1.38. The normalized spacial score (nSPS) is 12.3. The highest BCUT2D eigenvalue weighted by Gasteiger charge is 2.21. The van der Waals surface area contributed by atoms with Crippen LogP contribution >= 0.6 is 23.3 Å². The highest BCUT2D eigenvalue weighted by Crippen LogP contribution is 2.31. The second-order valence-corrected chi connectivity index (χ2v) is 5.35. The van der Waals surface area contributed by atoms with Crippen molar-refractivity contribution in [3.8, 4) is 0 Å². The van der Waals surface area contributed by atoms with E-state index >= 15 is 0 Å². The minimum Gasteiger partial charge on any atom is -0.467 e. The van der Waals surface area contributed by atoms with E-state index in [1.165, 1.54) is 7.11 Å². The number of methoxy groups -OCH3 is 1. The van der Waals surface area contributed by atoms with Gasteiger partial charge in [-0.25, -0.2) is 4.79 Å². The maximum atomic E-state index is 11.8. The minimum absolute atomic E-state index is 0.297. The molecule has 0 saturated carbocycles. The van der Waals surface area contributed by atoms with Crippen molar-refractivity contribution in [2.45, 2.75) is 32.2 Å². The van der Waals surface area contributed by atoms with E-state index < -0.39 is 6.04 Å². The lowest BCUT2D eigenvalue weighted by molar-refractivity contribution is -0.141. The van der Waals surface area contributed by atoms with Crippen molar-refractivity contribution in [2.24, 2.45) is 0 Å². The second kappa shape index (κ2) is 6.85. The van der Waals surface area contributed by atoms with Crippen LogP contribution in [0.2, 0.25) is 5.02 Å². The van der Waals surface area contributed by atoms with Crippen molar-refractivity contribution in [3.05, 3.63) is 17.2 Å². The molecule has 0 aliphatic heterocycles. The van der Waals surface area contributed by atoms with Crippen LogP contribution in [-0.4, -0.2) is 27.9 Å². The molecular weight excluding hydrogens is 298 g/mol.